The third kappa shape index (κ3) is 6.18. The van der Waals surface area contributed by atoms with E-state index in [0.717, 1.165) is 64.3 Å². The van der Waals surface area contributed by atoms with Crippen molar-refractivity contribution in [1.29, 1.82) is 0 Å². The first kappa shape index (κ1) is 23.0. The fourth-order valence-corrected chi connectivity index (χ4v) is 5.30. The number of anilines is 1. The molecule has 2 fully saturated rings. The molecule has 5 nitrogen and oxygen atoms in total. The number of para-hydroxylation sites is 1. The molecule has 1 N–H and O–H groups in total. The summed E-state index contributed by atoms with van der Waals surface area (Å²) in [5, 5.41) is 3.04. The second-order valence-corrected chi connectivity index (χ2v) is 9.54. The fourth-order valence-electron chi connectivity index (χ4n) is 5.30. The molecule has 0 radical (unpaired) electrons. The van der Waals surface area contributed by atoms with E-state index < -0.39 is 0 Å². The molecule has 32 heavy (non-hydrogen) atoms. The fraction of sp³-hybridized carbons (Fsp3) is 0.519. The van der Waals surface area contributed by atoms with Gasteiger partial charge in [-0.1, -0.05) is 48.5 Å². The Kier molecular flexibility index (Phi) is 7.95. The molecular formula is C27H38N4O. The van der Waals surface area contributed by atoms with Gasteiger partial charge in [-0.2, -0.15) is 0 Å². The molecular weight excluding hydrogens is 396 g/mol. The number of carbonyl (C=O) groups is 1. The lowest BCUT2D eigenvalue weighted by Crippen LogP contribution is -2.60. The molecule has 4 rings (SSSR count). The number of rotatable bonds is 8. The van der Waals surface area contributed by atoms with E-state index in [4.69, 9.17) is 0 Å². The van der Waals surface area contributed by atoms with Crippen molar-refractivity contribution in [2.45, 2.75) is 44.2 Å². The average Bonchev–Trinajstić information content (AvgIpc) is 2.82. The third-order valence-electron chi connectivity index (χ3n) is 7.31. The maximum absolute atomic E-state index is 12.5. The highest BCUT2D eigenvalue weighted by molar-refractivity contribution is 5.90. The van der Waals surface area contributed by atoms with Gasteiger partial charge in [-0.3, -0.25) is 14.6 Å². The Balaban J connectivity index is 1.30. The van der Waals surface area contributed by atoms with E-state index in [0.29, 0.717) is 6.42 Å². The van der Waals surface area contributed by atoms with Crippen LogP contribution in [0.5, 0.6) is 0 Å². The lowest BCUT2D eigenvalue weighted by molar-refractivity contribution is -0.116. The molecule has 0 spiro atoms. The Bertz CT molecular complexity index is 825. The standard InChI is InChI=1S/C27H38N4O/c1-29-17-15-27(16-18-29,14-8-13-26(32)28-25-11-6-3-7-12-25)31-21-19-30(20-22-31)23-24-9-4-2-5-10-24/h2-7,9-12H,8,13-23H2,1H3,(H,28,32). The van der Waals surface area contributed by atoms with Crippen molar-refractivity contribution in [3.05, 3.63) is 66.2 Å². The molecule has 2 aliphatic rings. The van der Waals surface area contributed by atoms with Gasteiger partial charge in [0.05, 0.1) is 0 Å². The van der Waals surface area contributed by atoms with Gasteiger partial charge in [-0.05, 0) is 63.5 Å². The lowest BCUT2D eigenvalue weighted by Gasteiger charge is -2.51. The number of nitrogens with zero attached hydrogens (tertiary/aromatic N) is 3. The Morgan fingerprint density at radius 3 is 2.16 bits per heavy atom. The summed E-state index contributed by atoms with van der Waals surface area (Å²) in [4.78, 5) is 20.3. The minimum atomic E-state index is 0.131. The van der Waals surface area contributed by atoms with Crippen molar-refractivity contribution in [1.82, 2.24) is 14.7 Å². The predicted molar refractivity (Wildman–Crippen MR) is 132 cm³/mol. The molecule has 2 saturated heterocycles. The molecule has 5 heteroatoms. The van der Waals surface area contributed by atoms with E-state index in [1.54, 1.807) is 0 Å². The van der Waals surface area contributed by atoms with Crippen LogP contribution in [0.15, 0.2) is 60.7 Å². The zero-order valence-corrected chi connectivity index (χ0v) is 19.5. The van der Waals surface area contributed by atoms with Gasteiger partial charge in [0.15, 0.2) is 0 Å². The van der Waals surface area contributed by atoms with Crippen LogP contribution in [-0.2, 0) is 11.3 Å². The Morgan fingerprint density at radius 2 is 1.50 bits per heavy atom. The SMILES string of the molecule is CN1CCC(CCCC(=O)Nc2ccccc2)(N2CCN(Cc3ccccc3)CC2)CC1. The molecule has 2 aromatic rings. The highest BCUT2D eigenvalue weighted by Crippen LogP contribution is 2.34. The van der Waals surface area contributed by atoms with Crippen LogP contribution in [0.2, 0.25) is 0 Å². The molecule has 2 heterocycles. The van der Waals surface area contributed by atoms with Gasteiger partial charge >= 0.3 is 0 Å². The van der Waals surface area contributed by atoms with Gasteiger partial charge in [0.1, 0.15) is 0 Å². The first-order valence-electron chi connectivity index (χ1n) is 12.2. The maximum atomic E-state index is 12.5. The van der Waals surface area contributed by atoms with E-state index in [-0.39, 0.29) is 11.4 Å². The highest BCUT2D eigenvalue weighted by Gasteiger charge is 2.39. The lowest BCUT2D eigenvalue weighted by atomic mass is 9.80. The van der Waals surface area contributed by atoms with E-state index >= 15 is 0 Å². The second kappa shape index (κ2) is 11.1. The minimum Gasteiger partial charge on any atom is -0.326 e. The molecule has 0 atom stereocenters. The number of hydrogen-bond acceptors (Lipinski definition) is 4. The topological polar surface area (TPSA) is 38.8 Å². The van der Waals surface area contributed by atoms with Crippen molar-refractivity contribution in [2.24, 2.45) is 0 Å². The van der Waals surface area contributed by atoms with Gasteiger partial charge in [0.25, 0.3) is 0 Å². The predicted octanol–water partition coefficient (Wildman–Crippen LogP) is 4.08. The van der Waals surface area contributed by atoms with E-state index in [1.165, 1.54) is 18.4 Å². The van der Waals surface area contributed by atoms with Gasteiger partial charge in [-0.25, -0.2) is 0 Å². The van der Waals surface area contributed by atoms with Gasteiger partial charge in [-0.15, -0.1) is 0 Å². The monoisotopic (exact) mass is 434 g/mol. The number of amides is 1. The number of benzene rings is 2. The number of hydrogen-bond donors (Lipinski definition) is 1. The summed E-state index contributed by atoms with van der Waals surface area (Å²) in [7, 11) is 2.23. The zero-order valence-electron chi connectivity index (χ0n) is 19.5. The number of likely N-dealkylation sites (tertiary alicyclic amines) is 1. The van der Waals surface area contributed by atoms with Crippen LogP contribution >= 0.6 is 0 Å². The highest BCUT2D eigenvalue weighted by atomic mass is 16.1. The summed E-state index contributed by atoms with van der Waals surface area (Å²) in [6.45, 7) is 7.87. The molecule has 2 aromatic carbocycles. The first-order chi connectivity index (χ1) is 15.6. The summed E-state index contributed by atoms with van der Waals surface area (Å²) >= 11 is 0. The molecule has 172 valence electrons. The maximum Gasteiger partial charge on any atom is 0.224 e. The Labute approximate surface area is 193 Å². The van der Waals surface area contributed by atoms with Crippen LogP contribution in [-0.4, -0.2) is 72.5 Å². The molecule has 1 amide bonds. The summed E-state index contributed by atoms with van der Waals surface area (Å²) in [5.41, 5.74) is 2.54. The molecule has 0 aromatic heterocycles. The number of carbonyl (C=O) groups excluding carboxylic acids is 1. The molecule has 0 aliphatic carbocycles. The number of nitrogens with one attached hydrogen (secondary N) is 1. The van der Waals surface area contributed by atoms with Crippen molar-refractivity contribution < 1.29 is 4.79 Å². The van der Waals surface area contributed by atoms with Crippen LogP contribution in [0.25, 0.3) is 0 Å². The quantitative estimate of drug-likeness (QED) is 0.680. The third-order valence-corrected chi connectivity index (χ3v) is 7.31. The van der Waals surface area contributed by atoms with Gasteiger partial charge in [0, 0.05) is 50.4 Å². The molecule has 0 bridgehead atoms. The molecule has 0 saturated carbocycles. The van der Waals surface area contributed by atoms with Crippen molar-refractivity contribution >= 4 is 11.6 Å². The van der Waals surface area contributed by atoms with Crippen LogP contribution < -0.4 is 5.32 Å². The summed E-state index contributed by atoms with van der Waals surface area (Å²) in [5.74, 6) is 0.131. The van der Waals surface area contributed by atoms with Crippen LogP contribution in [0.3, 0.4) is 0 Å². The first-order valence-corrected chi connectivity index (χ1v) is 12.2. The Morgan fingerprint density at radius 1 is 0.875 bits per heavy atom. The largest absolute Gasteiger partial charge is 0.326 e. The van der Waals surface area contributed by atoms with E-state index in [9.17, 15) is 4.79 Å². The van der Waals surface area contributed by atoms with E-state index in [2.05, 4.69) is 57.4 Å². The average molecular weight is 435 g/mol. The van der Waals surface area contributed by atoms with Crippen LogP contribution in [0.1, 0.15) is 37.7 Å². The number of piperidine rings is 1. The second-order valence-electron chi connectivity index (χ2n) is 9.54. The molecule has 0 unspecified atom stereocenters. The van der Waals surface area contributed by atoms with Crippen LogP contribution in [0, 0.1) is 0 Å². The summed E-state index contributed by atoms with van der Waals surface area (Å²) < 4.78 is 0. The normalized spacial score (nSPS) is 20.2. The smallest absolute Gasteiger partial charge is 0.224 e. The van der Waals surface area contributed by atoms with Crippen molar-refractivity contribution in [2.75, 3.05) is 51.6 Å². The summed E-state index contributed by atoms with van der Waals surface area (Å²) in [6.07, 6.45) is 5.08. The van der Waals surface area contributed by atoms with Crippen LogP contribution in [0.4, 0.5) is 5.69 Å². The number of piperazine rings is 1. The van der Waals surface area contributed by atoms with Crippen molar-refractivity contribution in [3.63, 3.8) is 0 Å². The summed E-state index contributed by atoms with van der Waals surface area (Å²) in [6, 6.07) is 20.6. The van der Waals surface area contributed by atoms with Gasteiger partial charge < -0.3 is 10.2 Å². The Hall–Kier alpha value is -2.21. The van der Waals surface area contributed by atoms with Gasteiger partial charge in [0.2, 0.25) is 5.91 Å². The van der Waals surface area contributed by atoms with E-state index in [1.807, 2.05) is 30.3 Å². The van der Waals surface area contributed by atoms with Crippen molar-refractivity contribution in [3.8, 4) is 0 Å². The minimum absolute atomic E-state index is 0.131. The zero-order chi connectivity index (χ0) is 22.2. The molecule has 2 aliphatic heterocycles.